The Morgan fingerprint density at radius 3 is 2.40 bits per heavy atom. The summed E-state index contributed by atoms with van der Waals surface area (Å²) in [6.45, 7) is 6.72. The molecule has 0 heterocycles. The van der Waals surface area contributed by atoms with Gasteiger partial charge in [0.25, 0.3) is 5.91 Å². The minimum absolute atomic E-state index is 0.154. The molecule has 0 saturated carbocycles. The fourth-order valence-electron chi connectivity index (χ4n) is 3.86. The van der Waals surface area contributed by atoms with Gasteiger partial charge in [0.1, 0.15) is 11.8 Å². The van der Waals surface area contributed by atoms with Crippen LogP contribution in [0.25, 0.3) is 0 Å². The summed E-state index contributed by atoms with van der Waals surface area (Å²) in [7, 11) is 0. The molecule has 1 N–H and O–H groups in total. The highest BCUT2D eigenvalue weighted by Gasteiger charge is 2.30. The Kier molecular flexibility index (Phi) is 9.91. The van der Waals surface area contributed by atoms with Gasteiger partial charge in [-0.15, -0.1) is 0 Å². The van der Waals surface area contributed by atoms with Crippen LogP contribution < -0.4 is 10.1 Å². The molecule has 0 fully saturated rings. The van der Waals surface area contributed by atoms with Crippen molar-refractivity contribution in [1.82, 2.24) is 10.2 Å². The molecule has 0 aliphatic carbocycles. The van der Waals surface area contributed by atoms with E-state index in [1.165, 1.54) is 0 Å². The Morgan fingerprint density at radius 1 is 0.971 bits per heavy atom. The van der Waals surface area contributed by atoms with Crippen LogP contribution in [0.3, 0.4) is 0 Å². The number of hydrogen-bond donors (Lipinski definition) is 1. The maximum atomic E-state index is 13.6. The first-order valence-corrected chi connectivity index (χ1v) is 12.7. The number of amides is 2. The van der Waals surface area contributed by atoms with E-state index in [4.69, 9.17) is 4.74 Å². The van der Waals surface area contributed by atoms with Crippen molar-refractivity contribution in [2.75, 3.05) is 13.2 Å². The van der Waals surface area contributed by atoms with Gasteiger partial charge in [0.05, 0.1) is 0 Å². The Hall–Kier alpha value is -3.12. The fourth-order valence-corrected chi connectivity index (χ4v) is 4.11. The topological polar surface area (TPSA) is 58.6 Å². The number of rotatable bonds is 11. The summed E-state index contributed by atoms with van der Waals surface area (Å²) in [6, 6.07) is 22.8. The molecule has 6 heteroatoms. The molecule has 0 bridgehead atoms. The van der Waals surface area contributed by atoms with Gasteiger partial charge in [0, 0.05) is 24.0 Å². The minimum Gasteiger partial charge on any atom is -0.484 e. The number of carbonyl (C=O) groups excluding carboxylic acids is 2. The van der Waals surface area contributed by atoms with Crippen molar-refractivity contribution in [1.29, 1.82) is 0 Å². The van der Waals surface area contributed by atoms with Gasteiger partial charge in [-0.05, 0) is 55.2 Å². The molecule has 3 aromatic carbocycles. The first-order valence-electron chi connectivity index (χ1n) is 11.9. The standard InChI is InChI=1S/C29H33BrN2O3/c1-4-15-31-29(34)27(18-23-10-6-5-7-11-23)32(19-24-12-8-9-21(2)16-24)28(33)20-35-25-13-14-26(30)22(3)17-25/h5-14,16-17,27H,4,15,18-20H2,1-3H3,(H,31,34)/t27-/m0/s1. The zero-order valence-electron chi connectivity index (χ0n) is 20.6. The first kappa shape index (κ1) is 26.5. The summed E-state index contributed by atoms with van der Waals surface area (Å²) < 4.78 is 6.84. The predicted molar refractivity (Wildman–Crippen MR) is 143 cm³/mol. The number of nitrogens with zero attached hydrogens (tertiary/aromatic N) is 1. The van der Waals surface area contributed by atoms with Crippen LogP contribution in [0.15, 0.2) is 77.3 Å². The quantitative estimate of drug-likeness (QED) is 0.346. The van der Waals surface area contributed by atoms with Crippen LogP contribution in [0.5, 0.6) is 5.75 Å². The molecule has 0 aliphatic rings. The Bertz CT molecular complexity index is 1130. The molecule has 0 spiro atoms. The van der Waals surface area contributed by atoms with Crippen molar-refractivity contribution in [2.24, 2.45) is 0 Å². The van der Waals surface area contributed by atoms with Crippen LogP contribution >= 0.6 is 15.9 Å². The second kappa shape index (κ2) is 13.1. The maximum absolute atomic E-state index is 13.6. The lowest BCUT2D eigenvalue weighted by atomic mass is 10.0. The molecule has 5 nitrogen and oxygen atoms in total. The number of benzene rings is 3. The number of hydrogen-bond acceptors (Lipinski definition) is 3. The Balaban J connectivity index is 1.89. The average molecular weight is 537 g/mol. The molecule has 0 radical (unpaired) electrons. The highest BCUT2D eigenvalue weighted by molar-refractivity contribution is 9.10. The lowest BCUT2D eigenvalue weighted by Gasteiger charge is -2.31. The van der Waals surface area contributed by atoms with E-state index in [2.05, 4.69) is 21.2 Å². The van der Waals surface area contributed by atoms with E-state index >= 15 is 0 Å². The largest absolute Gasteiger partial charge is 0.484 e. The van der Waals surface area contributed by atoms with Crippen molar-refractivity contribution in [3.8, 4) is 5.75 Å². The van der Waals surface area contributed by atoms with Crippen LogP contribution in [0.1, 0.15) is 35.6 Å². The van der Waals surface area contributed by atoms with Crippen molar-refractivity contribution >= 4 is 27.7 Å². The molecule has 3 aromatic rings. The molecule has 0 unspecified atom stereocenters. The minimum atomic E-state index is -0.660. The van der Waals surface area contributed by atoms with Gasteiger partial charge in [0.2, 0.25) is 5.91 Å². The third kappa shape index (κ3) is 7.96. The third-order valence-corrected chi connectivity index (χ3v) is 6.64. The molecule has 2 amide bonds. The second-order valence-corrected chi connectivity index (χ2v) is 9.56. The molecule has 3 rings (SSSR count). The highest BCUT2D eigenvalue weighted by Crippen LogP contribution is 2.22. The molecule has 35 heavy (non-hydrogen) atoms. The number of halogens is 1. The number of aryl methyl sites for hydroxylation is 2. The van der Waals surface area contributed by atoms with Crippen LogP contribution in [-0.2, 0) is 22.6 Å². The van der Waals surface area contributed by atoms with Crippen molar-refractivity contribution in [2.45, 2.75) is 46.2 Å². The molecule has 0 aromatic heterocycles. The summed E-state index contributed by atoms with van der Waals surface area (Å²) in [5.41, 5.74) is 4.09. The molecule has 0 aliphatic heterocycles. The summed E-state index contributed by atoms with van der Waals surface area (Å²) >= 11 is 3.49. The molecule has 1 atom stereocenters. The zero-order chi connectivity index (χ0) is 25.2. The highest BCUT2D eigenvalue weighted by atomic mass is 79.9. The maximum Gasteiger partial charge on any atom is 0.261 e. The van der Waals surface area contributed by atoms with Gasteiger partial charge in [0.15, 0.2) is 6.61 Å². The van der Waals surface area contributed by atoms with Gasteiger partial charge in [-0.1, -0.05) is 83.0 Å². The Labute approximate surface area is 216 Å². The van der Waals surface area contributed by atoms with E-state index < -0.39 is 6.04 Å². The van der Waals surface area contributed by atoms with E-state index in [0.717, 1.165) is 33.1 Å². The zero-order valence-corrected chi connectivity index (χ0v) is 22.2. The first-order chi connectivity index (χ1) is 16.9. The molecular weight excluding hydrogens is 504 g/mol. The van der Waals surface area contributed by atoms with E-state index in [1.54, 1.807) is 4.90 Å². The van der Waals surface area contributed by atoms with E-state index in [-0.39, 0.29) is 18.4 Å². The monoisotopic (exact) mass is 536 g/mol. The average Bonchev–Trinajstić information content (AvgIpc) is 2.86. The Morgan fingerprint density at radius 2 is 1.71 bits per heavy atom. The van der Waals surface area contributed by atoms with E-state index in [0.29, 0.717) is 25.3 Å². The van der Waals surface area contributed by atoms with E-state index in [1.807, 2.05) is 93.6 Å². The van der Waals surface area contributed by atoms with Crippen molar-refractivity contribution < 1.29 is 14.3 Å². The smallest absolute Gasteiger partial charge is 0.261 e. The third-order valence-electron chi connectivity index (χ3n) is 5.75. The van der Waals surface area contributed by atoms with Gasteiger partial charge in [-0.25, -0.2) is 0 Å². The summed E-state index contributed by atoms with van der Waals surface area (Å²) in [4.78, 5) is 28.5. The lowest BCUT2D eigenvalue weighted by Crippen LogP contribution is -2.51. The fraction of sp³-hybridized carbons (Fsp3) is 0.310. The van der Waals surface area contributed by atoms with Gasteiger partial charge < -0.3 is 15.0 Å². The van der Waals surface area contributed by atoms with Crippen molar-refractivity contribution in [3.63, 3.8) is 0 Å². The van der Waals surface area contributed by atoms with Gasteiger partial charge in [-0.2, -0.15) is 0 Å². The lowest BCUT2D eigenvalue weighted by molar-refractivity contribution is -0.142. The number of carbonyl (C=O) groups is 2. The van der Waals surface area contributed by atoms with Crippen LogP contribution in [0.2, 0.25) is 0 Å². The van der Waals surface area contributed by atoms with E-state index in [9.17, 15) is 9.59 Å². The summed E-state index contributed by atoms with van der Waals surface area (Å²) in [5, 5.41) is 2.99. The molecule has 0 saturated heterocycles. The molecule has 184 valence electrons. The van der Waals surface area contributed by atoms with Gasteiger partial charge in [-0.3, -0.25) is 9.59 Å². The SMILES string of the molecule is CCCNC(=O)[C@H](Cc1ccccc1)N(Cc1cccc(C)c1)C(=O)COc1ccc(Br)c(C)c1. The molecular formula is C29H33BrN2O3. The van der Waals surface area contributed by atoms with Gasteiger partial charge >= 0.3 is 0 Å². The van der Waals surface area contributed by atoms with Crippen molar-refractivity contribution in [3.05, 3.63) is 99.5 Å². The second-order valence-electron chi connectivity index (χ2n) is 8.71. The number of nitrogens with one attached hydrogen (secondary N) is 1. The summed E-state index contributed by atoms with van der Waals surface area (Å²) in [6.07, 6.45) is 1.24. The van der Waals surface area contributed by atoms with Crippen LogP contribution in [0, 0.1) is 13.8 Å². The summed E-state index contributed by atoms with van der Waals surface area (Å²) in [5.74, 6) is 0.223. The predicted octanol–water partition coefficient (Wildman–Crippen LogP) is 5.61. The normalized spacial score (nSPS) is 11.5. The van der Waals surface area contributed by atoms with Crippen LogP contribution in [-0.4, -0.2) is 35.9 Å². The van der Waals surface area contributed by atoms with Crippen LogP contribution in [0.4, 0.5) is 0 Å². The number of ether oxygens (including phenoxy) is 1.